The lowest BCUT2D eigenvalue weighted by molar-refractivity contribution is -0.103. The summed E-state index contributed by atoms with van der Waals surface area (Å²) in [7, 11) is 0. The molecule has 0 saturated carbocycles. The van der Waals surface area contributed by atoms with E-state index < -0.39 is 0 Å². The lowest BCUT2D eigenvalue weighted by atomic mass is 10.1. The first kappa shape index (κ1) is 10.2. The van der Waals surface area contributed by atoms with Gasteiger partial charge in [0.15, 0.2) is 6.29 Å². The van der Waals surface area contributed by atoms with Crippen molar-refractivity contribution in [2.75, 3.05) is 0 Å². The van der Waals surface area contributed by atoms with Gasteiger partial charge in [0, 0.05) is 10.1 Å². The second-order valence-corrected chi connectivity index (χ2v) is 4.12. The first-order valence-electron chi connectivity index (χ1n) is 4.03. The van der Waals surface area contributed by atoms with Crippen LogP contribution in [0.3, 0.4) is 0 Å². The van der Waals surface area contributed by atoms with Crippen LogP contribution in [0.2, 0.25) is 0 Å². The molecular weight excluding hydrogens is 228 g/mol. The molecule has 13 heavy (non-hydrogen) atoms. The third kappa shape index (κ3) is 2.52. The SMILES string of the molecule is CC(Br)=C(C=O)c1ccc(C)cc1. The maximum absolute atomic E-state index is 10.7. The average molecular weight is 239 g/mol. The Bertz CT molecular complexity index is 332. The summed E-state index contributed by atoms with van der Waals surface area (Å²) in [6.07, 6.45) is 0.870. The standard InChI is InChI=1S/C11H11BrO/c1-8-3-5-10(6-4-8)11(7-13)9(2)12/h3-7H,1-2H3. The maximum Gasteiger partial charge on any atom is 0.151 e. The molecule has 0 bridgehead atoms. The Morgan fingerprint density at radius 2 is 1.85 bits per heavy atom. The molecule has 0 radical (unpaired) electrons. The summed E-state index contributed by atoms with van der Waals surface area (Å²) in [5.74, 6) is 0. The zero-order chi connectivity index (χ0) is 9.84. The van der Waals surface area contributed by atoms with E-state index in [-0.39, 0.29) is 0 Å². The van der Waals surface area contributed by atoms with E-state index in [4.69, 9.17) is 0 Å². The van der Waals surface area contributed by atoms with Crippen LogP contribution in [0, 0.1) is 6.92 Å². The summed E-state index contributed by atoms with van der Waals surface area (Å²) < 4.78 is 0.867. The Kier molecular flexibility index (Phi) is 3.43. The molecule has 0 atom stereocenters. The van der Waals surface area contributed by atoms with Crippen molar-refractivity contribution in [1.82, 2.24) is 0 Å². The first-order valence-corrected chi connectivity index (χ1v) is 4.83. The zero-order valence-corrected chi connectivity index (χ0v) is 9.26. The van der Waals surface area contributed by atoms with E-state index in [1.165, 1.54) is 5.56 Å². The number of carbonyl (C=O) groups excluding carboxylic acids is 1. The van der Waals surface area contributed by atoms with Gasteiger partial charge in [0.25, 0.3) is 0 Å². The maximum atomic E-state index is 10.7. The number of rotatable bonds is 2. The van der Waals surface area contributed by atoms with E-state index in [1.807, 2.05) is 38.1 Å². The normalized spacial score (nSPS) is 12.2. The second-order valence-electron chi connectivity index (χ2n) is 2.93. The van der Waals surface area contributed by atoms with Crippen molar-refractivity contribution >= 4 is 27.8 Å². The van der Waals surface area contributed by atoms with E-state index in [2.05, 4.69) is 15.9 Å². The molecule has 0 spiro atoms. The average Bonchev–Trinajstić information content (AvgIpc) is 2.09. The Morgan fingerprint density at radius 1 is 1.31 bits per heavy atom. The van der Waals surface area contributed by atoms with Gasteiger partial charge in [0.2, 0.25) is 0 Å². The summed E-state index contributed by atoms with van der Waals surface area (Å²) in [5.41, 5.74) is 2.86. The monoisotopic (exact) mass is 238 g/mol. The van der Waals surface area contributed by atoms with Crippen molar-refractivity contribution in [3.63, 3.8) is 0 Å². The molecule has 0 aliphatic rings. The van der Waals surface area contributed by atoms with Gasteiger partial charge in [-0.1, -0.05) is 45.8 Å². The van der Waals surface area contributed by atoms with Crippen LogP contribution in [0.15, 0.2) is 28.7 Å². The van der Waals surface area contributed by atoms with Crippen LogP contribution in [-0.4, -0.2) is 6.29 Å². The Hall–Kier alpha value is -0.890. The van der Waals surface area contributed by atoms with E-state index in [0.29, 0.717) is 5.57 Å². The van der Waals surface area contributed by atoms with Gasteiger partial charge in [0.1, 0.15) is 0 Å². The van der Waals surface area contributed by atoms with Gasteiger partial charge in [0.05, 0.1) is 0 Å². The number of carbonyl (C=O) groups is 1. The fourth-order valence-corrected chi connectivity index (χ4v) is 1.40. The topological polar surface area (TPSA) is 17.1 Å². The number of benzene rings is 1. The molecule has 1 rings (SSSR count). The van der Waals surface area contributed by atoms with Gasteiger partial charge < -0.3 is 0 Å². The van der Waals surface area contributed by atoms with Gasteiger partial charge in [-0.3, -0.25) is 4.79 Å². The smallest absolute Gasteiger partial charge is 0.151 e. The number of hydrogen-bond donors (Lipinski definition) is 0. The van der Waals surface area contributed by atoms with Crippen LogP contribution in [0.25, 0.3) is 5.57 Å². The number of aldehydes is 1. The van der Waals surface area contributed by atoms with Crippen molar-refractivity contribution in [2.45, 2.75) is 13.8 Å². The minimum Gasteiger partial charge on any atom is -0.298 e. The molecule has 0 saturated heterocycles. The molecule has 0 unspecified atom stereocenters. The second kappa shape index (κ2) is 4.38. The quantitative estimate of drug-likeness (QED) is 0.571. The third-order valence-corrected chi connectivity index (χ3v) is 2.28. The number of hydrogen-bond acceptors (Lipinski definition) is 1. The van der Waals surface area contributed by atoms with Crippen LogP contribution in [-0.2, 0) is 4.79 Å². The molecule has 0 heterocycles. The van der Waals surface area contributed by atoms with E-state index in [0.717, 1.165) is 16.3 Å². The van der Waals surface area contributed by atoms with Crippen LogP contribution in [0.1, 0.15) is 18.1 Å². The van der Waals surface area contributed by atoms with Crippen molar-refractivity contribution in [2.24, 2.45) is 0 Å². The molecule has 0 aromatic heterocycles. The van der Waals surface area contributed by atoms with E-state index in [1.54, 1.807) is 0 Å². The predicted octanol–water partition coefficient (Wildman–Crippen LogP) is 3.32. The lowest BCUT2D eigenvalue weighted by Gasteiger charge is -2.01. The van der Waals surface area contributed by atoms with Crippen molar-refractivity contribution < 1.29 is 4.79 Å². The molecule has 0 N–H and O–H groups in total. The van der Waals surface area contributed by atoms with Crippen LogP contribution in [0.5, 0.6) is 0 Å². The Labute approximate surface area is 86.6 Å². The summed E-state index contributed by atoms with van der Waals surface area (Å²) in [4.78, 5) is 10.7. The third-order valence-electron chi connectivity index (χ3n) is 1.85. The van der Waals surface area contributed by atoms with Gasteiger partial charge in [-0.25, -0.2) is 0 Å². The van der Waals surface area contributed by atoms with Gasteiger partial charge in [-0.2, -0.15) is 0 Å². The summed E-state index contributed by atoms with van der Waals surface area (Å²) in [6.45, 7) is 3.89. The van der Waals surface area contributed by atoms with Crippen molar-refractivity contribution in [1.29, 1.82) is 0 Å². The number of allylic oxidation sites excluding steroid dienone is 2. The van der Waals surface area contributed by atoms with Crippen LogP contribution < -0.4 is 0 Å². The minimum atomic E-state index is 0.708. The van der Waals surface area contributed by atoms with E-state index in [9.17, 15) is 4.79 Å². The van der Waals surface area contributed by atoms with E-state index >= 15 is 0 Å². The van der Waals surface area contributed by atoms with Gasteiger partial charge in [-0.05, 0) is 19.4 Å². The molecule has 0 amide bonds. The number of halogens is 1. The molecule has 1 nitrogen and oxygen atoms in total. The molecule has 0 aliphatic carbocycles. The fourth-order valence-electron chi connectivity index (χ4n) is 1.08. The van der Waals surface area contributed by atoms with Crippen molar-refractivity contribution in [3.05, 3.63) is 39.9 Å². The molecular formula is C11H11BrO. The fraction of sp³-hybridized carbons (Fsp3) is 0.182. The molecule has 0 fully saturated rings. The van der Waals surface area contributed by atoms with Crippen molar-refractivity contribution in [3.8, 4) is 0 Å². The summed E-state index contributed by atoms with van der Waals surface area (Å²) >= 11 is 3.30. The first-order chi connectivity index (χ1) is 6.15. The molecule has 1 aromatic rings. The number of aryl methyl sites for hydroxylation is 1. The largest absolute Gasteiger partial charge is 0.298 e. The highest BCUT2D eigenvalue weighted by Crippen LogP contribution is 2.20. The lowest BCUT2D eigenvalue weighted by Crippen LogP contribution is -1.87. The van der Waals surface area contributed by atoms with Crippen LogP contribution in [0.4, 0.5) is 0 Å². The van der Waals surface area contributed by atoms with Gasteiger partial charge in [-0.15, -0.1) is 0 Å². The highest BCUT2D eigenvalue weighted by Gasteiger charge is 2.01. The Morgan fingerprint density at radius 3 is 2.23 bits per heavy atom. The zero-order valence-electron chi connectivity index (χ0n) is 7.67. The summed E-state index contributed by atoms with van der Waals surface area (Å²) in [6, 6.07) is 7.89. The summed E-state index contributed by atoms with van der Waals surface area (Å²) in [5, 5.41) is 0. The molecule has 68 valence electrons. The van der Waals surface area contributed by atoms with Crippen LogP contribution >= 0.6 is 15.9 Å². The molecule has 1 aromatic carbocycles. The molecule has 2 heteroatoms. The predicted molar refractivity (Wildman–Crippen MR) is 58.8 cm³/mol. The minimum absolute atomic E-state index is 0.708. The molecule has 0 aliphatic heterocycles. The Balaban J connectivity index is 3.15. The highest BCUT2D eigenvalue weighted by atomic mass is 79.9. The highest BCUT2D eigenvalue weighted by molar-refractivity contribution is 9.11. The van der Waals surface area contributed by atoms with Gasteiger partial charge >= 0.3 is 0 Å².